The van der Waals surface area contributed by atoms with Gasteiger partial charge in [-0.05, 0) is 31.0 Å². The van der Waals surface area contributed by atoms with Gasteiger partial charge in [0.2, 0.25) is 0 Å². The van der Waals surface area contributed by atoms with Crippen LogP contribution in [0.5, 0.6) is 0 Å². The number of benzene rings is 1. The van der Waals surface area contributed by atoms with Crippen LogP contribution < -0.4 is 0 Å². The lowest BCUT2D eigenvalue weighted by atomic mass is 10.2. The van der Waals surface area contributed by atoms with Crippen molar-refractivity contribution in [2.24, 2.45) is 0 Å². The molecular weight excluding hydrogens is 334 g/mol. The van der Waals surface area contributed by atoms with Crippen molar-refractivity contribution in [1.82, 2.24) is 0 Å². The number of carboxylic acids is 1. The molecule has 1 aromatic carbocycles. The van der Waals surface area contributed by atoms with Crippen LogP contribution in [0.15, 0.2) is 27.6 Å². The second-order valence-electron chi connectivity index (χ2n) is 3.88. The van der Waals surface area contributed by atoms with E-state index in [0.29, 0.717) is 23.7 Å². The first-order valence-corrected chi connectivity index (χ1v) is 7.95. The van der Waals surface area contributed by atoms with Crippen molar-refractivity contribution in [1.29, 1.82) is 5.26 Å². The molecule has 0 bridgehead atoms. The number of nitriles is 1. The van der Waals surface area contributed by atoms with Crippen molar-refractivity contribution in [2.45, 2.75) is 24.2 Å². The number of carboxylic acid groups (broad SMARTS) is 1. The van der Waals surface area contributed by atoms with E-state index < -0.39 is 15.8 Å². The third kappa shape index (κ3) is 4.33. The zero-order valence-corrected chi connectivity index (χ0v) is 12.4. The van der Waals surface area contributed by atoms with Crippen LogP contribution in [-0.4, -0.2) is 25.2 Å². The molecule has 0 fully saturated rings. The molecule has 5 nitrogen and oxygen atoms in total. The minimum Gasteiger partial charge on any atom is -0.478 e. The van der Waals surface area contributed by atoms with Crippen molar-refractivity contribution in [3.8, 4) is 6.07 Å². The zero-order chi connectivity index (χ0) is 14.5. The minimum atomic E-state index is -3.66. The van der Waals surface area contributed by atoms with Gasteiger partial charge in [0.05, 0.1) is 22.3 Å². The standard InChI is InChI=1S/C12H12BrNO4S/c13-9-4-5-10(12(15)16)11(8-9)19(17,18)7-3-1-2-6-14/h4-5,8H,1-3,7H2,(H,15,16). The second-order valence-corrected chi connectivity index (χ2v) is 6.87. The Balaban J connectivity index is 3.03. The summed E-state index contributed by atoms with van der Waals surface area (Å²) < 4.78 is 24.7. The average molecular weight is 346 g/mol. The van der Waals surface area contributed by atoms with E-state index in [4.69, 9.17) is 10.4 Å². The van der Waals surface area contributed by atoms with E-state index in [1.807, 2.05) is 6.07 Å². The third-order valence-corrected chi connectivity index (χ3v) is 4.79. The van der Waals surface area contributed by atoms with Gasteiger partial charge in [0.25, 0.3) is 0 Å². The molecule has 0 amide bonds. The monoisotopic (exact) mass is 345 g/mol. The van der Waals surface area contributed by atoms with Crippen molar-refractivity contribution in [2.75, 3.05) is 5.75 Å². The summed E-state index contributed by atoms with van der Waals surface area (Å²) in [4.78, 5) is 10.8. The van der Waals surface area contributed by atoms with Crippen LogP contribution in [0.2, 0.25) is 0 Å². The van der Waals surface area contributed by atoms with Gasteiger partial charge in [-0.3, -0.25) is 0 Å². The first-order valence-electron chi connectivity index (χ1n) is 5.51. The molecule has 0 aliphatic rings. The summed E-state index contributed by atoms with van der Waals surface area (Å²) in [7, 11) is -3.66. The van der Waals surface area contributed by atoms with Gasteiger partial charge in [0, 0.05) is 10.9 Å². The molecule has 0 atom stereocenters. The van der Waals surface area contributed by atoms with Crippen LogP contribution >= 0.6 is 15.9 Å². The maximum absolute atomic E-state index is 12.1. The highest BCUT2D eigenvalue weighted by atomic mass is 79.9. The largest absolute Gasteiger partial charge is 0.478 e. The predicted octanol–water partition coefficient (Wildman–Crippen LogP) is 2.61. The number of sulfone groups is 1. The summed E-state index contributed by atoms with van der Waals surface area (Å²) in [5.74, 6) is -1.44. The van der Waals surface area contributed by atoms with Crippen molar-refractivity contribution in [3.05, 3.63) is 28.2 Å². The molecule has 0 saturated carbocycles. The molecule has 19 heavy (non-hydrogen) atoms. The van der Waals surface area contributed by atoms with Crippen LogP contribution in [0.25, 0.3) is 0 Å². The van der Waals surface area contributed by atoms with E-state index >= 15 is 0 Å². The first-order chi connectivity index (χ1) is 8.88. The smallest absolute Gasteiger partial charge is 0.337 e. The number of aromatic carboxylic acids is 1. The number of halogens is 1. The summed E-state index contributed by atoms with van der Waals surface area (Å²) in [6, 6.07) is 5.97. The summed E-state index contributed by atoms with van der Waals surface area (Å²) in [5.41, 5.74) is -0.233. The maximum atomic E-state index is 12.1. The number of hydrogen-bond acceptors (Lipinski definition) is 4. The molecule has 0 saturated heterocycles. The molecule has 0 radical (unpaired) electrons. The summed E-state index contributed by atoms with van der Waals surface area (Å²) in [6.45, 7) is 0. The number of nitrogens with zero attached hydrogens (tertiary/aromatic N) is 1. The molecule has 0 spiro atoms. The van der Waals surface area contributed by atoms with Gasteiger partial charge in [-0.15, -0.1) is 0 Å². The van der Waals surface area contributed by atoms with Crippen molar-refractivity contribution in [3.63, 3.8) is 0 Å². The lowest BCUT2D eigenvalue weighted by molar-refractivity contribution is 0.0692. The van der Waals surface area contributed by atoms with Gasteiger partial charge in [0.15, 0.2) is 9.84 Å². The van der Waals surface area contributed by atoms with E-state index in [1.54, 1.807) is 0 Å². The highest BCUT2D eigenvalue weighted by molar-refractivity contribution is 9.10. The molecule has 0 aliphatic heterocycles. The molecule has 0 aliphatic carbocycles. The Kier molecular flexibility index (Phi) is 5.51. The van der Waals surface area contributed by atoms with Crippen LogP contribution in [0.3, 0.4) is 0 Å². The van der Waals surface area contributed by atoms with Crippen molar-refractivity contribution >= 4 is 31.7 Å². The van der Waals surface area contributed by atoms with Crippen LogP contribution in [0.4, 0.5) is 0 Å². The van der Waals surface area contributed by atoms with E-state index in [9.17, 15) is 13.2 Å². The summed E-state index contributed by atoms with van der Waals surface area (Å²) in [5, 5.41) is 17.4. The van der Waals surface area contributed by atoms with E-state index in [-0.39, 0.29) is 16.2 Å². The zero-order valence-electron chi connectivity index (χ0n) is 9.97. The Morgan fingerprint density at radius 3 is 2.63 bits per heavy atom. The Hall–Kier alpha value is -1.39. The molecule has 1 rings (SSSR count). The van der Waals surface area contributed by atoms with Gasteiger partial charge >= 0.3 is 5.97 Å². The molecule has 102 valence electrons. The van der Waals surface area contributed by atoms with Gasteiger partial charge in [-0.1, -0.05) is 15.9 Å². The SMILES string of the molecule is N#CCCCCS(=O)(=O)c1cc(Br)ccc1C(=O)O. The summed E-state index contributed by atoms with van der Waals surface area (Å²) in [6.07, 6.45) is 1.10. The molecule has 1 aromatic rings. The number of unbranched alkanes of at least 4 members (excludes halogenated alkanes) is 2. The maximum Gasteiger partial charge on any atom is 0.337 e. The molecule has 7 heteroatoms. The molecule has 0 heterocycles. The van der Waals surface area contributed by atoms with Crippen LogP contribution in [0, 0.1) is 11.3 Å². The number of carbonyl (C=O) groups is 1. The van der Waals surface area contributed by atoms with Gasteiger partial charge in [-0.25, -0.2) is 13.2 Å². The van der Waals surface area contributed by atoms with E-state index in [0.717, 1.165) is 0 Å². The summed E-state index contributed by atoms with van der Waals surface area (Å²) >= 11 is 3.13. The molecular formula is C12H12BrNO4S. The minimum absolute atomic E-state index is 0.161. The Bertz CT molecular complexity index is 619. The molecule has 1 N–H and O–H groups in total. The first kappa shape index (κ1) is 15.7. The predicted molar refractivity (Wildman–Crippen MR) is 72.6 cm³/mol. The highest BCUT2D eigenvalue weighted by Gasteiger charge is 2.22. The Labute approximate surface area is 119 Å². The van der Waals surface area contributed by atoms with E-state index in [1.165, 1.54) is 18.2 Å². The quantitative estimate of drug-likeness (QED) is 0.799. The van der Waals surface area contributed by atoms with Gasteiger partial charge in [0.1, 0.15) is 0 Å². The third-order valence-electron chi connectivity index (χ3n) is 2.46. The second kappa shape index (κ2) is 6.68. The lowest BCUT2D eigenvalue weighted by Crippen LogP contribution is -2.12. The fraction of sp³-hybridized carbons (Fsp3) is 0.333. The number of hydrogen-bond donors (Lipinski definition) is 1. The van der Waals surface area contributed by atoms with Gasteiger partial charge < -0.3 is 5.11 Å². The van der Waals surface area contributed by atoms with Crippen LogP contribution in [-0.2, 0) is 9.84 Å². The topological polar surface area (TPSA) is 95.2 Å². The van der Waals surface area contributed by atoms with Gasteiger partial charge in [-0.2, -0.15) is 5.26 Å². The number of rotatable bonds is 6. The lowest BCUT2D eigenvalue weighted by Gasteiger charge is -2.08. The Morgan fingerprint density at radius 1 is 1.37 bits per heavy atom. The fourth-order valence-electron chi connectivity index (χ4n) is 1.54. The van der Waals surface area contributed by atoms with E-state index in [2.05, 4.69) is 15.9 Å². The fourth-order valence-corrected chi connectivity index (χ4v) is 3.65. The molecule has 0 unspecified atom stereocenters. The Morgan fingerprint density at radius 2 is 2.05 bits per heavy atom. The normalized spacial score (nSPS) is 10.9. The highest BCUT2D eigenvalue weighted by Crippen LogP contribution is 2.23. The average Bonchev–Trinajstić information content (AvgIpc) is 2.34. The molecule has 0 aromatic heterocycles. The van der Waals surface area contributed by atoms with Crippen molar-refractivity contribution < 1.29 is 18.3 Å². The van der Waals surface area contributed by atoms with Crippen LogP contribution in [0.1, 0.15) is 29.6 Å².